The second kappa shape index (κ2) is 8.03. The first-order valence-corrected chi connectivity index (χ1v) is 10.7. The number of nitrogens with zero attached hydrogens (tertiary/aromatic N) is 5. The molecule has 0 bridgehead atoms. The molecule has 0 fully saturated rings. The van der Waals surface area contributed by atoms with Gasteiger partial charge in [-0.15, -0.1) is 0 Å². The average molecular weight is 418 g/mol. The van der Waals surface area contributed by atoms with E-state index in [0.717, 1.165) is 34.8 Å². The predicted molar refractivity (Wildman–Crippen MR) is 122 cm³/mol. The molecule has 2 aliphatic rings. The fourth-order valence-electron chi connectivity index (χ4n) is 4.01. The minimum atomic E-state index is -0.366. The first-order valence-electron chi connectivity index (χ1n) is 10.7. The van der Waals surface area contributed by atoms with Crippen molar-refractivity contribution < 1.29 is 5.11 Å². The molecule has 0 saturated carbocycles. The van der Waals surface area contributed by atoms with Crippen molar-refractivity contribution in [2.45, 2.75) is 45.1 Å². The highest BCUT2D eigenvalue weighted by Gasteiger charge is 2.28. The number of allylic oxidation sites excluding steroid dienone is 1. The number of para-hydroxylation sites is 2. The number of amidine groups is 1. The van der Waals surface area contributed by atoms with Gasteiger partial charge in [0, 0.05) is 12.6 Å². The molecule has 2 unspecified atom stereocenters. The molecule has 3 aromatic rings. The van der Waals surface area contributed by atoms with E-state index in [1.54, 1.807) is 0 Å². The molecule has 1 aliphatic carbocycles. The van der Waals surface area contributed by atoms with Crippen LogP contribution in [0.2, 0.25) is 0 Å². The van der Waals surface area contributed by atoms with Crippen molar-refractivity contribution in [1.82, 2.24) is 24.4 Å². The molecule has 0 spiro atoms. The quantitative estimate of drug-likeness (QED) is 0.592. The third kappa shape index (κ3) is 3.74. The number of aliphatic hydroxyl groups excluding tert-OH is 1. The van der Waals surface area contributed by atoms with Gasteiger partial charge in [0.25, 0.3) is 0 Å². The monoisotopic (exact) mass is 417 g/mol. The lowest BCUT2D eigenvalue weighted by Crippen LogP contribution is -2.43. The van der Waals surface area contributed by atoms with Gasteiger partial charge < -0.3 is 20.3 Å². The summed E-state index contributed by atoms with van der Waals surface area (Å²) in [6.07, 6.45) is 10.5. The smallest absolute Gasteiger partial charge is 0.183 e. The summed E-state index contributed by atoms with van der Waals surface area (Å²) < 4.78 is 4.21. The van der Waals surface area contributed by atoms with Gasteiger partial charge in [0.05, 0.1) is 29.8 Å². The number of fused-ring (bicyclic) bond motifs is 2. The fourth-order valence-corrected chi connectivity index (χ4v) is 4.01. The topological polar surface area (TPSA) is 92.3 Å². The van der Waals surface area contributed by atoms with E-state index in [-0.39, 0.29) is 18.4 Å². The Bertz CT molecular complexity index is 1180. The summed E-state index contributed by atoms with van der Waals surface area (Å²) in [6.45, 7) is 4.92. The third-order valence-electron chi connectivity index (χ3n) is 5.70. The Morgan fingerprint density at radius 1 is 1.19 bits per heavy atom. The Hall–Kier alpha value is -3.39. The standard InChI is InChI=1S/C23H27N7O/c1-15(2)29-14-26-20-21(24-12-11-16-7-9-17(31)10-8-16)27-23(28-22(20)29)30-13-25-18-5-3-4-6-19(18)30/h3-9,13-15,17,23,28,31H,10-12H2,1-2H3,(H,24,27). The van der Waals surface area contributed by atoms with Gasteiger partial charge in [0.1, 0.15) is 11.5 Å². The molecular weight excluding hydrogens is 390 g/mol. The van der Waals surface area contributed by atoms with Crippen molar-refractivity contribution >= 4 is 22.7 Å². The van der Waals surface area contributed by atoms with Crippen LogP contribution in [-0.2, 0) is 0 Å². The Labute approximate surface area is 181 Å². The zero-order chi connectivity index (χ0) is 21.4. The second-order valence-electron chi connectivity index (χ2n) is 8.20. The molecule has 0 radical (unpaired) electrons. The highest BCUT2D eigenvalue weighted by molar-refractivity contribution is 6.03. The van der Waals surface area contributed by atoms with Gasteiger partial charge in [0.2, 0.25) is 0 Å². The molecule has 2 atom stereocenters. The number of imidazole rings is 2. The molecule has 8 heteroatoms. The normalized spacial score (nSPS) is 21.8. The van der Waals surface area contributed by atoms with Crippen LogP contribution in [0.1, 0.15) is 44.7 Å². The van der Waals surface area contributed by atoms with Crippen molar-refractivity contribution in [2.75, 3.05) is 11.9 Å². The van der Waals surface area contributed by atoms with Crippen molar-refractivity contribution in [3.05, 3.63) is 66.4 Å². The Morgan fingerprint density at radius 2 is 2.06 bits per heavy atom. The molecule has 31 heavy (non-hydrogen) atoms. The molecule has 0 saturated heterocycles. The van der Waals surface area contributed by atoms with Crippen molar-refractivity contribution in [2.24, 2.45) is 4.99 Å². The van der Waals surface area contributed by atoms with Gasteiger partial charge in [-0.25, -0.2) is 9.97 Å². The van der Waals surface area contributed by atoms with E-state index in [1.165, 1.54) is 5.57 Å². The zero-order valence-electron chi connectivity index (χ0n) is 17.7. The molecule has 3 N–H and O–H groups in total. The number of anilines is 1. The summed E-state index contributed by atoms with van der Waals surface area (Å²) in [7, 11) is 0. The van der Waals surface area contributed by atoms with E-state index in [1.807, 2.05) is 43.0 Å². The molecule has 2 aromatic heterocycles. The minimum absolute atomic E-state index is 0.225. The van der Waals surface area contributed by atoms with E-state index in [4.69, 9.17) is 4.99 Å². The van der Waals surface area contributed by atoms with Gasteiger partial charge in [-0.2, -0.15) is 0 Å². The molecule has 1 aromatic carbocycles. The highest BCUT2D eigenvalue weighted by Crippen LogP contribution is 2.28. The van der Waals surface area contributed by atoms with Gasteiger partial charge in [-0.1, -0.05) is 35.9 Å². The SMILES string of the molecule is CC(C)n1cnc2c1NC(n1cnc3ccccc31)NC2=NCCC1=CCC(O)C=C1. The summed E-state index contributed by atoms with van der Waals surface area (Å²) in [5.74, 6) is 1.73. The number of nitrogens with one attached hydrogen (secondary N) is 2. The van der Waals surface area contributed by atoms with Crippen molar-refractivity contribution in [3.8, 4) is 0 Å². The maximum Gasteiger partial charge on any atom is 0.183 e. The van der Waals surface area contributed by atoms with E-state index in [9.17, 15) is 5.11 Å². The summed E-state index contributed by atoms with van der Waals surface area (Å²) in [6, 6.07) is 8.36. The first kappa shape index (κ1) is 19.6. The van der Waals surface area contributed by atoms with Crippen LogP contribution in [0.15, 0.2) is 65.7 Å². The van der Waals surface area contributed by atoms with Crippen LogP contribution < -0.4 is 10.6 Å². The van der Waals surface area contributed by atoms with E-state index < -0.39 is 0 Å². The molecule has 5 rings (SSSR count). The second-order valence-corrected chi connectivity index (χ2v) is 8.20. The van der Waals surface area contributed by atoms with Gasteiger partial charge >= 0.3 is 0 Å². The summed E-state index contributed by atoms with van der Waals surface area (Å²) in [4.78, 5) is 14.0. The van der Waals surface area contributed by atoms with E-state index in [2.05, 4.69) is 55.7 Å². The largest absolute Gasteiger partial charge is 0.389 e. The number of rotatable bonds is 5. The van der Waals surface area contributed by atoms with Crippen LogP contribution in [0.3, 0.4) is 0 Å². The van der Waals surface area contributed by atoms with E-state index in [0.29, 0.717) is 13.0 Å². The van der Waals surface area contributed by atoms with Gasteiger partial charge in [-0.05, 0) is 38.8 Å². The molecule has 8 nitrogen and oxygen atoms in total. The van der Waals surface area contributed by atoms with Crippen LogP contribution in [0.25, 0.3) is 11.0 Å². The number of benzene rings is 1. The molecule has 0 amide bonds. The number of hydrogen-bond donors (Lipinski definition) is 3. The first-order chi connectivity index (χ1) is 15.1. The molecular formula is C23H27N7O. The average Bonchev–Trinajstić information content (AvgIpc) is 3.39. The fraction of sp³-hybridized carbons (Fsp3) is 0.348. The highest BCUT2D eigenvalue weighted by atomic mass is 16.3. The van der Waals surface area contributed by atoms with Crippen LogP contribution >= 0.6 is 0 Å². The van der Waals surface area contributed by atoms with Crippen LogP contribution in [0.4, 0.5) is 5.82 Å². The Kier molecular flexibility index (Phi) is 5.07. The van der Waals surface area contributed by atoms with Crippen molar-refractivity contribution in [3.63, 3.8) is 0 Å². The Balaban J connectivity index is 1.45. The number of aromatic nitrogens is 4. The Morgan fingerprint density at radius 3 is 2.87 bits per heavy atom. The maximum absolute atomic E-state index is 9.61. The summed E-state index contributed by atoms with van der Waals surface area (Å²) in [5.41, 5.74) is 4.03. The lowest BCUT2D eigenvalue weighted by Gasteiger charge is -2.30. The van der Waals surface area contributed by atoms with Crippen LogP contribution in [0.5, 0.6) is 0 Å². The summed E-state index contributed by atoms with van der Waals surface area (Å²) >= 11 is 0. The lowest BCUT2D eigenvalue weighted by atomic mass is 10.0. The zero-order valence-corrected chi connectivity index (χ0v) is 17.7. The summed E-state index contributed by atoms with van der Waals surface area (Å²) in [5, 5.41) is 16.7. The molecule has 160 valence electrons. The molecule has 1 aliphatic heterocycles. The van der Waals surface area contributed by atoms with Crippen molar-refractivity contribution in [1.29, 1.82) is 0 Å². The number of aliphatic imine (C=N–C) groups is 1. The number of aliphatic hydroxyl groups is 1. The lowest BCUT2D eigenvalue weighted by molar-refractivity contribution is 0.225. The van der Waals surface area contributed by atoms with Crippen LogP contribution in [-0.4, -0.2) is 42.7 Å². The van der Waals surface area contributed by atoms with E-state index >= 15 is 0 Å². The van der Waals surface area contributed by atoms with Gasteiger partial charge in [0.15, 0.2) is 12.1 Å². The predicted octanol–water partition coefficient (Wildman–Crippen LogP) is 3.37. The number of hydrogen-bond acceptors (Lipinski definition) is 5. The maximum atomic E-state index is 9.61. The van der Waals surface area contributed by atoms with Crippen LogP contribution in [0, 0.1) is 0 Å². The van der Waals surface area contributed by atoms with Gasteiger partial charge in [-0.3, -0.25) is 9.56 Å². The molecule has 3 heterocycles. The minimum Gasteiger partial charge on any atom is -0.389 e. The third-order valence-corrected chi connectivity index (χ3v) is 5.70.